The Balaban J connectivity index is 2.00. The Hall–Kier alpha value is -2.06. The molecule has 0 radical (unpaired) electrons. The van der Waals surface area contributed by atoms with Gasteiger partial charge in [-0.1, -0.05) is 41.9 Å². The van der Waals surface area contributed by atoms with Crippen LogP contribution >= 0.6 is 11.6 Å². The second-order valence-electron chi connectivity index (χ2n) is 4.80. The summed E-state index contributed by atoms with van der Waals surface area (Å²) >= 11 is 5.94. The molecule has 0 bridgehead atoms. The molecular formula is C17H14ClNO. The summed E-state index contributed by atoms with van der Waals surface area (Å²) in [5.41, 5.74) is 2.17. The van der Waals surface area contributed by atoms with Crippen molar-refractivity contribution in [3.63, 3.8) is 0 Å². The van der Waals surface area contributed by atoms with E-state index in [0.29, 0.717) is 11.4 Å². The molecule has 2 aromatic carbocycles. The van der Waals surface area contributed by atoms with Crippen LogP contribution in [0.2, 0.25) is 5.02 Å². The molecule has 20 heavy (non-hydrogen) atoms. The minimum atomic E-state index is 0.0205. The van der Waals surface area contributed by atoms with Crippen molar-refractivity contribution in [3.8, 4) is 0 Å². The Morgan fingerprint density at radius 3 is 2.40 bits per heavy atom. The van der Waals surface area contributed by atoms with Gasteiger partial charge in [0.1, 0.15) is 0 Å². The summed E-state index contributed by atoms with van der Waals surface area (Å²) in [4.78, 5) is 13.9. The summed E-state index contributed by atoms with van der Waals surface area (Å²) in [6.45, 7) is 0. The average molecular weight is 284 g/mol. The summed E-state index contributed by atoms with van der Waals surface area (Å²) in [6, 6.07) is 17.8. The summed E-state index contributed by atoms with van der Waals surface area (Å²) in [5, 5.41) is 0.706. The highest BCUT2D eigenvalue weighted by Gasteiger charge is 2.24. The van der Waals surface area contributed by atoms with Crippen molar-refractivity contribution in [1.29, 1.82) is 0 Å². The molecular weight excluding hydrogens is 270 g/mol. The maximum atomic E-state index is 11.8. The number of rotatable bonds is 2. The van der Waals surface area contributed by atoms with Gasteiger partial charge in [0, 0.05) is 23.3 Å². The molecule has 0 saturated carbocycles. The van der Waals surface area contributed by atoms with Crippen LogP contribution < -0.4 is 4.90 Å². The molecule has 0 N–H and O–H groups in total. The molecule has 3 heteroatoms. The zero-order chi connectivity index (χ0) is 13.9. The summed E-state index contributed by atoms with van der Waals surface area (Å²) < 4.78 is 0. The molecule has 1 aliphatic rings. The topological polar surface area (TPSA) is 20.3 Å². The lowest BCUT2D eigenvalue weighted by Gasteiger charge is -2.33. The van der Waals surface area contributed by atoms with Crippen molar-refractivity contribution in [2.75, 3.05) is 4.90 Å². The van der Waals surface area contributed by atoms with Crippen LogP contribution in [0.4, 0.5) is 5.69 Å². The van der Waals surface area contributed by atoms with Gasteiger partial charge in [0.15, 0.2) is 5.78 Å². The zero-order valence-corrected chi connectivity index (χ0v) is 11.6. The Bertz CT molecular complexity index is 634. The lowest BCUT2D eigenvalue weighted by molar-refractivity contribution is -0.115. The molecule has 2 aromatic rings. The maximum absolute atomic E-state index is 11.8. The van der Waals surface area contributed by atoms with E-state index in [9.17, 15) is 4.79 Å². The van der Waals surface area contributed by atoms with Crippen LogP contribution in [0.3, 0.4) is 0 Å². The molecule has 3 rings (SSSR count). The number of benzene rings is 2. The molecule has 1 unspecified atom stereocenters. The largest absolute Gasteiger partial charge is 0.340 e. The normalized spacial score (nSPS) is 18.4. The fourth-order valence-corrected chi connectivity index (χ4v) is 2.58. The number of carbonyl (C=O) groups is 1. The highest BCUT2D eigenvalue weighted by atomic mass is 35.5. The number of allylic oxidation sites excluding steroid dienone is 1. The smallest absolute Gasteiger partial charge is 0.159 e. The van der Waals surface area contributed by atoms with Gasteiger partial charge in [0.2, 0.25) is 0 Å². The molecule has 100 valence electrons. The number of hydrogen-bond donors (Lipinski definition) is 0. The van der Waals surface area contributed by atoms with Gasteiger partial charge in [-0.05, 0) is 35.9 Å². The predicted octanol–water partition coefficient (Wildman–Crippen LogP) is 4.37. The fourth-order valence-electron chi connectivity index (χ4n) is 2.45. The van der Waals surface area contributed by atoms with Crippen LogP contribution in [0.15, 0.2) is 66.9 Å². The Labute approximate surface area is 123 Å². The molecule has 0 aromatic heterocycles. The monoisotopic (exact) mass is 283 g/mol. The van der Waals surface area contributed by atoms with Crippen LogP contribution in [0.1, 0.15) is 18.0 Å². The SMILES string of the molecule is O=C1C=CN(c2ccccc2)C(c2ccc(Cl)cc2)C1. The predicted molar refractivity (Wildman–Crippen MR) is 81.9 cm³/mol. The highest BCUT2D eigenvalue weighted by molar-refractivity contribution is 6.30. The molecule has 0 fully saturated rings. The first-order chi connectivity index (χ1) is 9.74. The number of carbonyl (C=O) groups excluding carboxylic acids is 1. The van der Waals surface area contributed by atoms with Gasteiger partial charge in [-0.15, -0.1) is 0 Å². The highest BCUT2D eigenvalue weighted by Crippen LogP contribution is 2.33. The minimum absolute atomic E-state index is 0.0205. The molecule has 1 aliphatic heterocycles. The first kappa shape index (κ1) is 12.9. The van der Waals surface area contributed by atoms with Gasteiger partial charge >= 0.3 is 0 Å². The molecule has 0 aliphatic carbocycles. The van der Waals surface area contributed by atoms with Gasteiger partial charge < -0.3 is 4.90 Å². The van der Waals surface area contributed by atoms with Crippen molar-refractivity contribution < 1.29 is 4.79 Å². The van der Waals surface area contributed by atoms with Crippen LogP contribution in [-0.4, -0.2) is 5.78 Å². The van der Waals surface area contributed by atoms with Crippen molar-refractivity contribution in [1.82, 2.24) is 0 Å². The first-order valence-corrected chi connectivity index (χ1v) is 6.92. The van der Waals surface area contributed by atoms with E-state index in [1.165, 1.54) is 0 Å². The quantitative estimate of drug-likeness (QED) is 0.815. The van der Waals surface area contributed by atoms with E-state index in [4.69, 9.17) is 11.6 Å². The third-order valence-corrected chi connectivity index (χ3v) is 3.71. The van der Waals surface area contributed by atoms with E-state index in [1.807, 2.05) is 60.8 Å². The first-order valence-electron chi connectivity index (χ1n) is 6.54. The van der Waals surface area contributed by atoms with Crippen LogP contribution in [-0.2, 0) is 4.79 Å². The Morgan fingerprint density at radius 1 is 1.00 bits per heavy atom. The molecule has 0 saturated heterocycles. The lowest BCUT2D eigenvalue weighted by Crippen LogP contribution is -2.28. The van der Waals surface area contributed by atoms with Gasteiger partial charge in [-0.3, -0.25) is 4.79 Å². The van der Waals surface area contributed by atoms with Gasteiger partial charge in [0.25, 0.3) is 0 Å². The maximum Gasteiger partial charge on any atom is 0.159 e. The van der Waals surface area contributed by atoms with Gasteiger partial charge in [-0.25, -0.2) is 0 Å². The second-order valence-corrected chi connectivity index (χ2v) is 5.23. The number of hydrogen-bond acceptors (Lipinski definition) is 2. The molecule has 0 spiro atoms. The lowest BCUT2D eigenvalue weighted by atomic mass is 9.96. The zero-order valence-electron chi connectivity index (χ0n) is 10.9. The molecule has 0 amide bonds. The van der Waals surface area contributed by atoms with E-state index in [2.05, 4.69) is 4.90 Å². The van der Waals surface area contributed by atoms with Gasteiger partial charge in [0.05, 0.1) is 6.04 Å². The summed E-state index contributed by atoms with van der Waals surface area (Å²) in [7, 11) is 0. The Morgan fingerprint density at radius 2 is 1.70 bits per heavy atom. The van der Waals surface area contributed by atoms with Crippen molar-refractivity contribution >= 4 is 23.1 Å². The third kappa shape index (κ3) is 2.61. The van der Waals surface area contributed by atoms with Crippen molar-refractivity contribution in [2.24, 2.45) is 0 Å². The number of anilines is 1. The molecule has 2 nitrogen and oxygen atoms in total. The van der Waals surface area contributed by atoms with E-state index in [-0.39, 0.29) is 11.8 Å². The van der Waals surface area contributed by atoms with E-state index >= 15 is 0 Å². The van der Waals surface area contributed by atoms with E-state index in [1.54, 1.807) is 6.08 Å². The van der Waals surface area contributed by atoms with Crippen LogP contribution in [0.25, 0.3) is 0 Å². The number of nitrogens with zero attached hydrogens (tertiary/aromatic N) is 1. The standard InChI is InChI=1S/C17H14ClNO/c18-14-8-6-13(7-9-14)17-12-16(20)10-11-19(17)15-4-2-1-3-5-15/h1-11,17H,12H2. The molecule has 1 heterocycles. The second kappa shape index (κ2) is 5.51. The van der Waals surface area contributed by atoms with Crippen molar-refractivity contribution in [2.45, 2.75) is 12.5 Å². The molecule has 1 atom stereocenters. The van der Waals surface area contributed by atoms with E-state index < -0.39 is 0 Å². The number of para-hydroxylation sites is 1. The van der Waals surface area contributed by atoms with Crippen LogP contribution in [0.5, 0.6) is 0 Å². The summed E-state index contributed by atoms with van der Waals surface area (Å²) in [6.07, 6.45) is 3.98. The minimum Gasteiger partial charge on any atom is -0.340 e. The van der Waals surface area contributed by atoms with Crippen molar-refractivity contribution in [3.05, 3.63) is 77.5 Å². The number of halogens is 1. The average Bonchev–Trinajstić information content (AvgIpc) is 2.49. The fraction of sp³-hybridized carbons (Fsp3) is 0.118. The van der Waals surface area contributed by atoms with Crippen LogP contribution in [0, 0.1) is 0 Å². The number of ketones is 1. The van der Waals surface area contributed by atoms with Gasteiger partial charge in [-0.2, -0.15) is 0 Å². The van der Waals surface area contributed by atoms with E-state index in [0.717, 1.165) is 11.3 Å². The third-order valence-electron chi connectivity index (χ3n) is 3.46. The summed E-state index contributed by atoms with van der Waals surface area (Å²) in [5.74, 6) is 0.150. The Kier molecular flexibility index (Phi) is 3.57.